The van der Waals surface area contributed by atoms with E-state index < -0.39 is 202 Å². The molecule has 4 saturated heterocycles. The van der Waals surface area contributed by atoms with E-state index in [0.717, 1.165) is 13.8 Å². The molecule has 0 spiro atoms. The fourth-order valence-corrected chi connectivity index (χ4v) is 7.73. The highest BCUT2D eigenvalue weighted by Crippen LogP contribution is 2.33. The van der Waals surface area contributed by atoms with Gasteiger partial charge in [-0.15, -0.1) is 0 Å². The van der Waals surface area contributed by atoms with Crippen LogP contribution < -0.4 is 10.6 Å². The summed E-state index contributed by atoms with van der Waals surface area (Å²) in [5.74, 6) is -1.69. The summed E-state index contributed by atoms with van der Waals surface area (Å²) in [6.07, 6.45) is -41.6. The van der Waals surface area contributed by atoms with Crippen molar-refractivity contribution in [2.24, 2.45) is 0 Å². The summed E-state index contributed by atoms with van der Waals surface area (Å²) in [6.45, 7) is -1.92. The molecule has 0 bridgehead atoms. The van der Waals surface area contributed by atoms with Gasteiger partial charge in [-0.05, 0) is 6.92 Å². The molecule has 65 heavy (non-hydrogen) atoms. The highest BCUT2D eigenvalue weighted by molar-refractivity contribution is 7.80. The average molecular weight is 977 g/mol. The number of aliphatic hydroxyl groups excluding tert-OH is 14. The molecule has 17 N–H and O–H groups in total. The second-order valence-electron chi connectivity index (χ2n) is 15.7. The molecule has 2 amide bonds. The number of carbonyl (C=O) groups excluding carboxylic acids is 2. The van der Waals surface area contributed by atoms with Gasteiger partial charge in [-0.25, -0.2) is 4.18 Å². The summed E-state index contributed by atoms with van der Waals surface area (Å²) in [7, 11) is -5.25. The molecule has 0 radical (unpaired) electrons. The minimum atomic E-state index is -5.25. The summed E-state index contributed by atoms with van der Waals surface area (Å²) in [5, 5.41) is 152. The normalized spacial score (nSPS) is 42.4. The summed E-state index contributed by atoms with van der Waals surface area (Å²) >= 11 is 0. The number of carbonyl (C=O) groups is 2. The van der Waals surface area contributed by atoms with Gasteiger partial charge < -0.3 is 120 Å². The van der Waals surface area contributed by atoms with Gasteiger partial charge in [0.15, 0.2) is 25.2 Å². The molecule has 19 unspecified atom stereocenters. The van der Waals surface area contributed by atoms with Crippen LogP contribution in [-0.4, -0.2) is 276 Å². The first-order valence-corrected chi connectivity index (χ1v) is 21.4. The van der Waals surface area contributed by atoms with E-state index in [9.17, 15) is 94.1 Å². The van der Waals surface area contributed by atoms with E-state index in [2.05, 4.69) is 14.8 Å². The second kappa shape index (κ2) is 24.0. The predicted octanol–water partition coefficient (Wildman–Crippen LogP) is -11.1. The van der Waals surface area contributed by atoms with Crippen LogP contribution in [0.1, 0.15) is 20.8 Å². The molecule has 30 nitrogen and oxygen atoms in total. The van der Waals surface area contributed by atoms with Crippen molar-refractivity contribution < 1.29 is 136 Å². The van der Waals surface area contributed by atoms with E-state index in [4.69, 9.17) is 37.9 Å². The van der Waals surface area contributed by atoms with E-state index in [1.165, 1.54) is 6.92 Å². The lowest BCUT2D eigenvalue weighted by molar-refractivity contribution is -0.364. The fourth-order valence-electron chi connectivity index (χ4n) is 7.43. The molecule has 4 rings (SSSR count). The molecule has 0 aromatic rings. The average Bonchev–Trinajstić information content (AvgIpc) is 3.24. The lowest BCUT2D eigenvalue weighted by Crippen LogP contribution is -2.68. The molecule has 24 atom stereocenters. The maximum Gasteiger partial charge on any atom is 0.397 e. The van der Waals surface area contributed by atoms with Crippen LogP contribution in [0.25, 0.3) is 0 Å². The Balaban J connectivity index is 1.55. The van der Waals surface area contributed by atoms with Gasteiger partial charge in [0, 0.05) is 13.8 Å². The molecule has 4 aliphatic rings. The zero-order valence-electron chi connectivity index (χ0n) is 34.8. The Kier molecular flexibility index (Phi) is 20.5. The Hall–Kier alpha value is -2.07. The number of aliphatic hydroxyl groups is 14. The van der Waals surface area contributed by atoms with Crippen molar-refractivity contribution in [3.05, 3.63) is 0 Å². The molecule has 0 aliphatic carbocycles. The predicted molar refractivity (Wildman–Crippen MR) is 201 cm³/mol. The van der Waals surface area contributed by atoms with Gasteiger partial charge in [-0.2, -0.15) is 8.42 Å². The monoisotopic (exact) mass is 976 g/mol. The minimum Gasteiger partial charge on any atom is -0.394 e. The van der Waals surface area contributed by atoms with Gasteiger partial charge in [0.1, 0.15) is 110 Å². The first-order valence-electron chi connectivity index (χ1n) is 20.0. The Labute approximate surface area is 369 Å². The molecule has 4 heterocycles. The Morgan fingerprint density at radius 2 is 1.17 bits per heavy atom. The van der Waals surface area contributed by atoms with Crippen LogP contribution in [0.3, 0.4) is 0 Å². The van der Waals surface area contributed by atoms with E-state index >= 15 is 0 Å². The highest BCUT2D eigenvalue weighted by Gasteiger charge is 2.54. The Morgan fingerprint density at radius 3 is 1.71 bits per heavy atom. The standard InChI is InChI=1S/C34H60N2O28S/c1-9-18(43)22(47)25(50)32(58-9)63-29-15(6-39)60-34(27(52)24(29)49)62-28(12(4-37)35-10(2)40)19(44)13(42)7-56-31-17(36-11(3)41)21(46)30(16(61-31)8-57-65(53,54)55)64-33-26(51)23(48)20(45)14(5-38)59-33/h9,12-34,37-39,42-52H,4-8H2,1-3H3,(H,35,40)(H,36,41)(H,53,54,55)/t9-,12?,13?,14?,15?,16?,17?,18+,19?,20?,21?,22+,23?,24?,25-,26?,27?,28?,29?,30?,31?,32+,33?,34?/m1/s1. The van der Waals surface area contributed by atoms with Crippen molar-refractivity contribution in [2.75, 3.05) is 33.0 Å². The summed E-state index contributed by atoms with van der Waals surface area (Å²) < 4.78 is 81.2. The quantitative estimate of drug-likeness (QED) is 0.0504. The Morgan fingerprint density at radius 1 is 0.646 bits per heavy atom. The van der Waals surface area contributed by atoms with Gasteiger partial charge in [-0.1, -0.05) is 0 Å². The van der Waals surface area contributed by atoms with Crippen molar-refractivity contribution in [1.82, 2.24) is 10.6 Å². The summed E-state index contributed by atoms with van der Waals surface area (Å²) in [4.78, 5) is 24.4. The van der Waals surface area contributed by atoms with Crippen molar-refractivity contribution in [1.29, 1.82) is 0 Å². The van der Waals surface area contributed by atoms with Crippen LogP contribution in [-0.2, 0) is 62.1 Å². The first-order chi connectivity index (χ1) is 30.3. The smallest absolute Gasteiger partial charge is 0.394 e. The van der Waals surface area contributed by atoms with Crippen LogP contribution >= 0.6 is 0 Å². The molecule has 31 heteroatoms. The van der Waals surface area contributed by atoms with E-state index in [1.807, 2.05) is 0 Å². The molecule has 0 saturated carbocycles. The number of ether oxygens (including phenoxy) is 8. The topological polar surface area (TPSA) is 479 Å². The summed E-state index contributed by atoms with van der Waals surface area (Å²) in [5.41, 5.74) is 0. The third kappa shape index (κ3) is 13.8. The number of rotatable bonds is 20. The van der Waals surface area contributed by atoms with Crippen molar-refractivity contribution in [3.8, 4) is 0 Å². The molecule has 0 aromatic heterocycles. The van der Waals surface area contributed by atoms with Crippen LogP contribution in [0, 0.1) is 0 Å². The van der Waals surface area contributed by atoms with Crippen molar-refractivity contribution in [3.63, 3.8) is 0 Å². The molecule has 4 fully saturated rings. The zero-order valence-corrected chi connectivity index (χ0v) is 35.6. The third-order valence-corrected chi connectivity index (χ3v) is 11.4. The molecule has 4 aliphatic heterocycles. The fraction of sp³-hybridized carbons (Fsp3) is 0.941. The van der Waals surface area contributed by atoms with E-state index in [0.29, 0.717) is 0 Å². The zero-order chi connectivity index (χ0) is 48.8. The first kappa shape index (κ1) is 55.5. The minimum absolute atomic E-state index is 0.823. The van der Waals surface area contributed by atoms with Gasteiger partial charge in [0.05, 0.1) is 45.2 Å². The van der Waals surface area contributed by atoms with Gasteiger partial charge in [-0.3, -0.25) is 14.1 Å². The number of amides is 2. The Bertz CT molecular complexity index is 1620. The van der Waals surface area contributed by atoms with E-state index in [1.54, 1.807) is 0 Å². The maximum absolute atomic E-state index is 12.3. The number of nitrogens with one attached hydrogen (secondary N) is 2. The van der Waals surface area contributed by atoms with Crippen LogP contribution in [0.5, 0.6) is 0 Å². The molecule has 0 aromatic carbocycles. The molecular formula is C34H60N2O28S. The second-order valence-corrected chi connectivity index (χ2v) is 16.8. The van der Waals surface area contributed by atoms with Gasteiger partial charge in [0.25, 0.3) is 0 Å². The number of hydrogen-bond acceptors (Lipinski definition) is 27. The highest BCUT2D eigenvalue weighted by atomic mass is 32.3. The van der Waals surface area contributed by atoms with Crippen molar-refractivity contribution in [2.45, 2.75) is 168 Å². The van der Waals surface area contributed by atoms with Crippen LogP contribution in [0.2, 0.25) is 0 Å². The number of hydrogen-bond donors (Lipinski definition) is 17. The van der Waals surface area contributed by atoms with E-state index in [-0.39, 0.29) is 0 Å². The third-order valence-electron chi connectivity index (χ3n) is 10.9. The summed E-state index contributed by atoms with van der Waals surface area (Å²) in [6, 6.07) is -3.42. The lowest BCUT2D eigenvalue weighted by Gasteiger charge is -2.47. The van der Waals surface area contributed by atoms with Crippen molar-refractivity contribution >= 4 is 22.2 Å². The molecule has 380 valence electrons. The SMILES string of the molecule is CC(=O)NC(CO)C(OC1OC(CO)C(O[C@@H]2O[C@H](C)[C@H](O)[C@H](O)[C@H]2O)C(O)C1O)C(O)C(O)COC1OC(COS(=O)(=O)O)C(OC2OC(CO)C(O)C(O)C2O)C(O)C1NC(C)=O. The molecular weight excluding hydrogens is 916 g/mol. The lowest BCUT2D eigenvalue weighted by atomic mass is 9.95. The maximum atomic E-state index is 12.3. The van der Waals surface area contributed by atoms with Crippen LogP contribution in [0.4, 0.5) is 0 Å². The van der Waals surface area contributed by atoms with Gasteiger partial charge in [0.2, 0.25) is 11.8 Å². The van der Waals surface area contributed by atoms with Gasteiger partial charge >= 0.3 is 10.4 Å². The largest absolute Gasteiger partial charge is 0.397 e. The van der Waals surface area contributed by atoms with Crippen LogP contribution in [0.15, 0.2) is 0 Å².